The Hall–Kier alpha value is -2.12. The van der Waals surface area contributed by atoms with E-state index in [9.17, 15) is 19.2 Å². The molecule has 2 N–H and O–H groups in total. The van der Waals surface area contributed by atoms with Crippen LogP contribution in [0.4, 0.5) is 0 Å². The van der Waals surface area contributed by atoms with Crippen LogP contribution < -0.4 is 10.6 Å². The first kappa shape index (κ1) is 28.9. The van der Waals surface area contributed by atoms with Gasteiger partial charge >= 0.3 is 5.97 Å². The van der Waals surface area contributed by atoms with Crippen LogP contribution in [0.1, 0.15) is 85.5 Å². The first-order chi connectivity index (χ1) is 14.5. The first-order valence-electron chi connectivity index (χ1n) is 11.4. The third-order valence-corrected chi connectivity index (χ3v) is 5.24. The molecule has 0 saturated carbocycles. The highest BCUT2D eigenvalue weighted by Crippen LogP contribution is 2.17. The Bertz CT molecular complexity index is 592. The van der Waals surface area contributed by atoms with E-state index in [4.69, 9.17) is 4.74 Å². The molecule has 1 unspecified atom stereocenters. The minimum atomic E-state index is -1.36. The van der Waals surface area contributed by atoms with E-state index in [1.165, 1.54) is 12.0 Å². The van der Waals surface area contributed by atoms with E-state index in [0.29, 0.717) is 12.8 Å². The van der Waals surface area contributed by atoms with Crippen LogP contribution in [-0.4, -0.2) is 61.4 Å². The fourth-order valence-corrected chi connectivity index (χ4v) is 3.24. The number of carbonyl (C=O) groups excluding carboxylic acids is 4. The Balaban J connectivity index is 5.14. The molecule has 0 aliphatic heterocycles. The van der Waals surface area contributed by atoms with Crippen LogP contribution in [0.15, 0.2) is 0 Å². The maximum Gasteiger partial charge on any atom is 0.331 e. The number of ether oxygens (including phenoxy) is 1. The Morgan fingerprint density at radius 2 is 1.61 bits per heavy atom. The predicted molar refractivity (Wildman–Crippen MR) is 121 cm³/mol. The molecule has 0 fully saturated rings. The molecule has 180 valence electrons. The largest absolute Gasteiger partial charge is 0.467 e. The van der Waals surface area contributed by atoms with Gasteiger partial charge in [0.15, 0.2) is 0 Å². The van der Waals surface area contributed by atoms with Crippen LogP contribution in [-0.2, 0) is 23.9 Å². The third kappa shape index (κ3) is 11.7. The van der Waals surface area contributed by atoms with Crippen molar-refractivity contribution in [1.29, 1.82) is 0 Å². The van der Waals surface area contributed by atoms with E-state index in [2.05, 4.69) is 17.6 Å². The van der Waals surface area contributed by atoms with Gasteiger partial charge < -0.3 is 20.3 Å². The summed E-state index contributed by atoms with van der Waals surface area (Å²) in [6, 6.07) is -0.753. The topological polar surface area (TPSA) is 105 Å². The van der Waals surface area contributed by atoms with Crippen molar-refractivity contribution in [2.45, 2.75) is 97.1 Å². The lowest BCUT2D eigenvalue weighted by Gasteiger charge is -2.31. The number of methoxy groups -OCH3 is 1. The summed E-state index contributed by atoms with van der Waals surface area (Å²) in [5.74, 6) is -1.23. The molecule has 0 saturated heterocycles. The predicted octanol–water partition coefficient (Wildman–Crippen LogP) is 2.79. The molecular formula is C23H43N3O5. The molecule has 31 heavy (non-hydrogen) atoms. The highest BCUT2D eigenvalue weighted by Gasteiger charge is 2.38. The van der Waals surface area contributed by atoms with Gasteiger partial charge in [-0.2, -0.15) is 0 Å². The van der Waals surface area contributed by atoms with Crippen LogP contribution in [0.5, 0.6) is 0 Å². The van der Waals surface area contributed by atoms with Crippen molar-refractivity contribution in [2.24, 2.45) is 5.92 Å². The molecule has 0 aliphatic carbocycles. The lowest BCUT2D eigenvalue weighted by Crippen LogP contribution is -2.58. The molecule has 0 spiro atoms. The molecule has 0 aliphatic rings. The zero-order chi connectivity index (χ0) is 24.0. The molecular weight excluding hydrogens is 398 g/mol. The number of esters is 1. The molecule has 0 aromatic rings. The van der Waals surface area contributed by atoms with Crippen molar-refractivity contribution in [3.63, 3.8) is 0 Å². The third-order valence-electron chi connectivity index (χ3n) is 5.24. The molecule has 8 nitrogen and oxygen atoms in total. The Labute approximate surface area is 187 Å². The SMILES string of the molecule is CCCCCCCC(=O)N[C@@H](CC(C)C)C(=O)NC(C)(CCC(=O)N(C)C)C(=O)OC. The normalized spacial score (nSPS) is 13.8. The molecule has 0 aromatic heterocycles. The van der Waals surface area contributed by atoms with Crippen molar-refractivity contribution in [1.82, 2.24) is 15.5 Å². The highest BCUT2D eigenvalue weighted by molar-refractivity contribution is 5.92. The van der Waals surface area contributed by atoms with E-state index >= 15 is 0 Å². The quantitative estimate of drug-likeness (QED) is 0.300. The average Bonchev–Trinajstić information content (AvgIpc) is 2.70. The second-order valence-electron chi connectivity index (χ2n) is 9.01. The molecule has 2 atom stereocenters. The molecule has 3 amide bonds. The molecule has 8 heteroatoms. The maximum atomic E-state index is 13.0. The lowest BCUT2D eigenvalue weighted by molar-refractivity contribution is -0.151. The van der Waals surface area contributed by atoms with Gasteiger partial charge in [0.1, 0.15) is 11.6 Å². The zero-order valence-electron chi connectivity index (χ0n) is 20.5. The first-order valence-corrected chi connectivity index (χ1v) is 11.4. The Kier molecular flexibility index (Phi) is 13.8. The number of nitrogens with one attached hydrogen (secondary N) is 2. The number of hydrogen-bond donors (Lipinski definition) is 2. The molecule has 0 bridgehead atoms. The van der Waals surface area contributed by atoms with Gasteiger partial charge in [0, 0.05) is 26.9 Å². The van der Waals surface area contributed by atoms with Gasteiger partial charge in [0.25, 0.3) is 0 Å². The standard InChI is InChI=1S/C23H43N3O5/c1-8-9-10-11-12-13-19(27)24-18(16-17(2)3)21(29)25-23(4,22(30)31-7)15-14-20(28)26(5)6/h17-18H,8-16H2,1-7H3,(H,24,27)(H,25,29)/t18-,23?/m0/s1. The number of rotatable bonds is 15. The molecule has 0 radical (unpaired) electrons. The van der Waals surface area contributed by atoms with Gasteiger partial charge in [-0.05, 0) is 32.1 Å². The monoisotopic (exact) mass is 441 g/mol. The van der Waals surface area contributed by atoms with E-state index in [0.717, 1.165) is 32.1 Å². The van der Waals surface area contributed by atoms with Crippen molar-refractivity contribution < 1.29 is 23.9 Å². The smallest absolute Gasteiger partial charge is 0.331 e. The van der Waals surface area contributed by atoms with Crippen LogP contribution in [0.3, 0.4) is 0 Å². The van der Waals surface area contributed by atoms with Crippen LogP contribution in [0.2, 0.25) is 0 Å². The number of nitrogens with zero attached hydrogens (tertiary/aromatic N) is 1. The molecule has 0 heterocycles. The Morgan fingerprint density at radius 3 is 2.13 bits per heavy atom. The maximum absolute atomic E-state index is 13.0. The van der Waals surface area contributed by atoms with Crippen molar-refractivity contribution >= 4 is 23.7 Å². The molecule has 0 aromatic carbocycles. The van der Waals surface area contributed by atoms with Crippen molar-refractivity contribution in [3.05, 3.63) is 0 Å². The number of amides is 3. The summed E-state index contributed by atoms with van der Waals surface area (Å²) in [6.45, 7) is 7.61. The van der Waals surface area contributed by atoms with Gasteiger partial charge in [0.2, 0.25) is 17.7 Å². The summed E-state index contributed by atoms with van der Waals surface area (Å²) >= 11 is 0. The zero-order valence-corrected chi connectivity index (χ0v) is 20.5. The fourth-order valence-electron chi connectivity index (χ4n) is 3.24. The summed E-state index contributed by atoms with van der Waals surface area (Å²) in [4.78, 5) is 51.2. The van der Waals surface area contributed by atoms with Crippen LogP contribution in [0.25, 0.3) is 0 Å². The number of unbranched alkanes of at least 4 members (excludes halogenated alkanes) is 4. The minimum absolute atomic E-state index is 0.0812. The minimum Gasteiger partial charge on any atom is -0.467 e. The fraction of sp³-hybridized carbons (Fsp3) is 0.826. The highest BCUT2D eigenvalue weighted by atomic mass is 16.5. The van der Waals surface area contributed by atoms with E-state index < -0.39 is 23.5 Å². The van der Waals surface area contributed by atoms with Crippen molar-refractivity contribution in [3.8, 4) is 0 Å². The van der Waals surface area contributed by atoms with Crippen LogP contribution in [0, 0.1) is 5.92 Å². The summed E-state index contributed by atoms with van der Waals surface area (Å²) in [7, 11) is 4.51. The summed E-state index contributed by atoms with van der Waals surface area (Å²) in [5, 5.41) is 5.56. The van der Waals surface area contributed by atoms with Crippen LogP contribution >= 0.6 is 0 Å². The average molecular weight is 442 g/mol. The number of hydrogen-bond acceptors (Lipinski definition) is 5. The van der Waals surface area contributed by atoms with Gasteiger partial charge in [-0.25, -0.2) is 4.79 Å². The summed E-state index contributed by atoms with van der Waals surface area (Å²) < 4.78 is 4.87. The second-order valence-corrected chi connectivity index (χ2v) is 9.01. The Morgan fingerprint density at radius 1 is 1.00 bits per heavy atom. The van der Waals surface area contributed by atoms with Gasteiger partial charge in [-0.3, -0.25) is 14.4 Å². The summed E-state index contributed by atoms with van der Waals surface area (Å²) in [5.41, 5.74) is -1.36. The van der Waals surface area contributed by atoms with E-state index in [-0.39, 0.29) is 30.6 Å². The molecule has 0 rings (SSSR count). The lowest BCUT2D eigenvalue weighted by atomic mass is 9.93. The van der Waals surface area contributed by atoms with Gasteiger partial charge in [-0.1, -0.05) is 46.5 Å². The summed E-state index contributed by atoms with van der Waals surface area (Å²) in [6.07, 6.45) is 6.17. The van der Waals surface area contributed by atoms with Gasteiger partial charge in [0.05, 0.1) is 7.11 Å². The van der Waals surface area contributed by atoms with Crippen molar-refractivity contribution in [2.75, 3.05) is 21.2 Å². The van der Waals surface area contributed by atoms with E-state index in [1.54, 1.807) is 21.0 Å². The van der Waals surface area contributed by atoms with E-state index in [1.807, 2.05) is 13.8 Å². The second kappa shape index (κ2) is 14.8. The van der Waals surface area contributed by atoms with Gasteiger partial charge in [-0.15, -0.1) is 0 Å². The number of carbonyl (C=O) groups is 4.